The van der Waals surface area contributed by atoms with Crippen LogP contribution >= 0.6 is 0 Å². The number of hydrogen-bond donors (Lipinski definition) is 1. The summed E-state index contributed by atoms with van der Waals surface area (Å²) >= 11 is 0. The minimum Gasteiger partial charge on any atom is -0.337 e. The van der Waals surface area contributed by atoms with Crippen LogP contribution in [0.5, 0.6) is 0 Å². The molecule has 1 saturated carbocycles. The SMILES string of the molecule is CCc1cccc(NC(=O)Cn2c3ccccc3c3ncn(Cc4nc(C5CC5)no4)c(=O)c32)c1. The largest absolute Gasteiger partial charge is 0.337 e. The Bertz CT molecular complexity index is 1630. The first-order valence-electron chi connectivity index (χ1n) is 11.8. The van der Waals surface area contributed by atoms with Crippen molar-refractivity contribution in [3.63, 3.8) is 0 Å². The average molecular weight is 469 g/mol. The third-order valence-corrected chi connectivity index (χ3v) is 6.39. The molecule has 9 nitrogen and oxygen atoms in total. The molecule has 0 saturated heterocycles. The van der Waals surface area contributed by atoms with E-state index < -0.39 is 0 Å². The summed E-state index contributed by atoms with van der Waals surface area (Å²) < 4.78 is 8.54. The summed E-state index contributed by atoms with van der Waals surface area (Å²) in [6.07, 6.45) is 4.51. The molecule has 1 aliphatic rings. The van der Waals surface area contributed by atoms with E-state index in [0.29, 0.717) is 28.7 Å². The molecule has 3 aromatic heterocycles. The Balaban J connectivity index is 1.37. The summed E-state index contributed by atoms with van der Waals surface area (Å²) in [6, 6.07) is 15.3. The Kier molecular flexibility index (Phi) is 5.17. The van der Waals surface area contributed by atoms with Gasteiger partial charge in [0.1, 0.15) is 24.1 Å². The summed E-state index contributed by atoms with van der Waals surface area (Å²) in [5.74, 6) is 1.21. The van der Waals surface area contributed by atoms with Gasteiger partial charge in [0.2, 0.25) is 11.8 Å². The third kappa shape index (κ3) is 3.99. The molecule has 0 spiro atoms. The van der Waals surface area contributed by atoms with Crippen molar-refractivity contribution in [3.8, 4) is 0 Å². The molecule has 0 aliphatic heterocycles. The molecule has 9 heteroatoms. The number of fused-ring (bicyclic) bond motifs is 3. The summed E-state index contributed by atoms with van der Waals surface area (Å²) in [5.41, 5.74) is 3.31. The normalized spacial score (nSPS) is 13.5. The van der Waals surface area contributed by atoms with Gasteiger partial charge in [-0.15, -0.1) is 0 Å². The number of nitrogens with one attached hydrogen (secondary N) is 1. The van der Waals surface area contributed by atoms with E-state index in [4.69, 9.17) is 4.52 Å². The molecule has 2 aromatic carbocycles. The van der Waals surface area contributed by atoms with Crippen molar-refractivity contribution in [1.29, 1.82) is 0 Å². The molecule has 0 bridgehead atoms. The van der Waals surface area contributed by atoms with Crippen molar-refractivity contribution in [2.24, 2.45) is 0 Å². The molecular formula is C26H24N6O3. The molecule has 6 rings (SSSR count). The minimum absolute atomic E-state index is 0.0202. The first-order chi connectivity index (χ1) is 17.1. The number of para-hydroxylation sites is 1. The molecule has 5 aromatic rings. The molecule has 0 atom stereocenters. The number of carbonyl (C=O) groups is 1. The summed E-state index contributed by atoms with van der Waals surface area (Å²) in [6.45, 7) is 2.17. The maximum atomic E-state index is 13.6. The Morgan fingerprint density at radius 2 is 2.03 bits per heavy atom. The maximum Gasteiger partial charge on any atom is 0.278 e. The zero-order valence-corrected chi connectivity index (χ0v) is 19.3. The van der Waals surface area contributed by atoms with Gasteiger partial charge < -0.3 is 14.4 Å². The smallest absolute Gasteiger partial charge is 0.278 e. The number of nitrogens with zero attached hydrogens (tertiary/aromatic N) is 5. The van der Waals surface area contributed by atoms with E-state index in [9.17, 15) is 9.59 Å². The van der Waals surface area contributed by atoms with Crippen molar-refractivity contribution in [2.75, 3.05) is 5.32 Å². The number of anilines is 1. The molecule has 35 heavy (non-hydrogen) atoms. The standard InChI is InChI=1S/C26H24N6O3/c1-2-16-6-5-7-18(12-16)28-21(33)13-32-20-9-4-3-8-19(20)23-24(32)26(34)31(15-27-23)14-22-29-25(30-35-22)17-10-11-17/h3-9,12,15,17H,2,10-11,13-14H2,1H3,(H,28,33). The van der Waals surface area contributed by atoms with Gasteiger partial charge in [-0.1, -0.05) is 42.4 Å². The van der Waals surface area contributed by atoms with Gasteiger partial charge in [-0.05, 0) is 43.0 Å². The van der Waals surface area contributed by atoms with Crippen LogP contribution < -0.4 is 10.9 Å². The monoisotopic (exact) mass is 468 g/mol. The van der Waals surface area contributed by atoms with Crippen molar-refractivity contribution in [1.82, 2.24) is 24.3 Å². The zero-order chi connectivity index (χ0) is 23.9. The lowest BCUT2D eigenvalue weighted by Crippen LogP contribution is -2.25. The zero-order valence-electron chi connectivity index (χ0n) is 19.3. The third-order valence-electron chi connectivity index (χ3n) is 6.39. The van der Waals surface area contributed by atoms with Crippen molar-refractivity contribution in [2.45, 2.75) is 45.2 Å². The van der Waals surface area contributed by atoms with Crippen molar-refractivity contribution >= 4 is 33.5 Å². The van der Waals surface area contributed by atoms with Crippen LogP contribution in [-0.2, 0) is 24.3 Å². The van der Waals surface area contributed by atoms with Gasteiger partial charge in [-0.2, -0.15) is 4.98 Å². The Hall–Kier alpha value is -4.27. The number of aryl methyl sites for hydroxylation is 1. The fourth-order valence-corrected chi connectivity index (χ4v) is 4.42. The van der Waals surface area contributed by atoms with Gasteiger partial charge in [0, 0.05) is 17.0 Å². The van der Waals surface area contributed by atoms with E-state index in [2.05, 4.69) is 27.4 Å². The molecule has 1 aliphatic carbocycles. The van der Waals surface area contributed by atoms with E-state index in [0.717, 1.165) is 41.4 Å². The molecule has 1 N–H and O–H groups in total. The quantitative estimate of drug-likeness (QED) is 0.389. The lowest BCUT2D eigenvalue weighted by Gasteiger charge is -2.10. The summed E-state index contributed by atoms with van der Waals surface area (Å²) in [5, 5.41) is 7.81. The van der Waals surface area contributed by atoms with E-state index >= 15 is 0 Å². The molecule has 176 valence electrons. The highest BCUT2D eigenvalue weighted by Crippen LogP contribution is 2.38. The van der Waals surface area contributed by atoms with Crippen LogP contribution in [-0.4, -0.2) is 30.2 Å². The highest BCUT2D eigenvalue weighted by molar-refractivity contribution is 6.06. The second-order valence-electron chi connectivity index (χ2n) is 8.90. The molecule has 1 amide bonds. The van der Waals surface area contributed by atoms with Crippen molar-refractivity contribution in [3.05, 3.63) is 82.5 Å². The van der Waals surface area contributed by atoms with Crippen molar-refractivity contribution < 1.29 is 9.32 Å². The first-order valence-corrected chi connectivity index (χ1v) is 11.8. The second kappa shape index (κ2) is 8.50. The number of amides is 1. The van der Waals surface area contributed by atoms with Gasteiger partial charge >= 0.3 is 0 Å². The van der Waals surface area contributed by atoms with Gasteiger partial charge in [0.15, 0.2) is 5.82 Å². The second-order valence-corrected chi connectivity index (χ2v) is 8.90. The van der Waals surface area contributed by atoms with Gasteiger partial charge in [-0.3, -0.25) is 14.2 Å². The lowest BCUT2D eigenvalue weighted by molar-refractivity contribution is -0.116. The fraction of sp³-hybridized carbons (Fsp3) is 0.269. The van der Waals surface area contributed by atoms with Crippen LogP contribution in [0.1, 0.15) is 43.0 Å². The topological polar surface area (TPSA) is 108 Å². The summed E-state index contributed by atoms with van der Waals surface area (Å²) in [7, 11) is 0. The van der Waals surface area contributed by atoms with Crippen LogP contribution in [0.15, 0.2) is 64.2 Å². The van der Waals surface area contributed by atoms with Crippen LogP contribution in [0.4, 0.5) is 5.69 Å². The number of hydrogen-bond acceptors (Lipinski definition) is 6. The van der Waals surface area contributed by atoms with Crippen LogP contribution in [0.2, 0.25) is 0 Å². The number of benzene rings is 2. The van der Waals surface area contributed by atoms with Gasteiger partial charge in [-0.25, -0.2) is 4.98 Å². The predicted octanol–water partition coefficient (Wildman–Crippen LogP) is 3.86. The molecule has 3 heterocycles. The van der Waals surface area contributed by atoms with E-state index in [1.54, 1.807) is 4.57 Å². The Labute approximate surface area is 200 Å². The Morgan fingerprint density at radius 3 is 2.86 bits per heavy atom. The fourth-order valence-electron chi connectivity index (χ4n) is 4.42. The molecule has 0 radical (unpaired) electrons. The minimum atomic E-state index is -0.266. The number of rotatable bonds is 7. The van der Waals surface area contributed by atoms with Gasteiger partial charge in [0.25, 0.3) is 5.56 Å². The highest BCUT2D eigenvalue weighted by atomic mass is 16.5. The first kappa shape index (κ1) is 21.3. The van der Waals surface area contributed by atoms with E-state index in [1.807, 2.05) is 48.5 Å². The highest BCUT2D eigenvalue weighted by Gasteiger charge is 2.29. The van der Waals surface area contributed by atoms with Gasteiger partial charge in [0.05, 0.1) is 11.8 Å². The van der Waals surface area contributed by atoms with E-state index in [1.165, 1.54) is 10.9 Å². The van der Waals surface area contributed by atoms with Crippen LogP contribution in [0.25, 0.3) is 21.9 Å². The predicted molar refractivity (Wildman–Crippen MR) is 131 cm³/mol. The van der Waals surface area contributed by atoms with E-state index in [-0.39, 0.29) is 24.6 Å². The molecule has 0 unspecified atom stereocenters. The maximum absolute atomic E-state index is 13.6. The Morgan fingerprint density at radius 1 is 1.17 bits per heavy atom. The number of carbonyl (C=O) groups excluding carboxylic acids is 1. The van der Waals surface area contributed by atoms with Crippen LogP contribution in [0.3, 0.4) is 0 Å². The molecular weight excluding hydrogens is 444 g/mol. The lowest BCUT2D eigenvalue weighted by atomic mass is 10.1. The summed E-state index contributed by atoms with van der Waals surface area (Å²) in [4.78, 5) is 35.6. The van der Waals surface area contributed by atoms with Crippen LogP contribution in [0, 0.1) is 0 Å². The average Bonchev–Trinajstić information content (AvgIpc) is 3.54. The number of aromatic nitrogens is 5. The molecule has 1 fully saturated rings.